The predicted molar refractivity (Wildman–Crippen MR) is 156 cm³/mol. The predicted octanol–water partition coefficient (Wildman–Crippen LogP) is 5.87. The number of aryl methyl sites for hydroxylation is 3. The van der Waals surface area contributed by atoms with Gasteiger partial charge in [-0.05, 0) is 67.0 Å². The lowest BCUT2D eigenvalue weighted by Crippen LogP contribution is -2.20. The zero-order valence-electron chi connectivity index (χ0n) is 24.3. The first-order chi connectivity index (χ1) is 19.3. The van der Waals surface area contributed by atoms with Gasteiger partial charge in [-0.3, -0.25) is 18.4 Å². The summed E-state index contributed by atoms with van der Waals surface area (Å²) < 4.78 is 36.0. The summed E-state index contributed by atoms with van der Waals surface area (Å²) in [6, 6.07) is 7.35. The minimum atomic E-state index is -2.70. The van der Waals surface area contributed by atoms with Gasteiger partial charge in [-0.15, -0.1) is 0 Å². The van der Waals surface area contributed by atoms with Crippen LogP contribution in [0.1, 0.15) is 75.7 Å². The number of fused-ring (bicyclic) bond motifs is 2. The number of hydrogen-bond acceptors (Lipinski definition) is 4. The molecule has 41 heavy (non-hydrogen) atoms. The molecule has 0 amide bonds. The lowest BCUT2D eigenvalue weighted by Gasteiger charge is -2.27. The first-order valence-electron chi connectivity index (χ1n) is 14.1. The summed E-state index contributed by atoms with van der Waals surface area (Å²) in [6.07, 6.45) is 3.33. The molecule has 3 heterocycles. The van der Waals surface area contributed by atoms with Crippen LogP contribution in [0.4, 0.5) is 8.78 Å². The van der Waals surface area contributed by atoms with E-state index in [1.165, 1.54) is 0 Å². The zero-order valence-corrected chi connectivity index (χ0v) is 24.3. The van der Waals surface area contributed by atoms with Crippen molar-refractivity contribution in [3.8, 4) is 16.8 Å². The second-order valence-corrected chi connectivity index (χ2v) is 12.5. The fourth-order valence-electron chi connectivity index (χ4n) is 6.39. The Kier molecular flexibility index (Phi) is 6.44. The fraction of sp³-hybridized carbons (Fsp3) is 0.452. The molecule has 0 atom stereocenters. The summed E-state index contributed by atoms with van der Waals surface area (Å²) >= 11 is 0. The van der Waals surface area contributed by atoms with Gasteiger partial charge in [0.25, 0.3) is 6.43 Å². The summed E-state index contributed by atoms with van der Waals surface area (Å²) in [7, 11) is 5.30. The molecule has 1 aliphatic rings. The summed E-state index contributed by atoms with van der Waals surface area (Å²) in [5.41, 5.74) is 5.07. The average molecular weight is 563 g/mol. The molecule has 10 heteroatoms. The highest BCUT2D eigenvalue weighted by molar-refractivity contribution is 5.88. The van der Waals surface area contributed by atoms with E-state index in [-0.39, 0.29) is 23.3 Å². The molecule has 0 radical (unpaired) electrons. The van der Waals surface area contributed by atoms with E-state index in [1.807, 2.05) is 10.6 Å². The second kappa shape index (κ2) is 9.65. The molecule has 0 aliphatic heterocycles. The zero-order chi connectivity index (χ0) is 29.4. The normalized spacial score (nSPS) is 18.3. The van der Waals surface area contributed by atoms with E-state index in [0.29, 0.717) is 35.0 Å². The molecule has 8 nitrogen and oxygen atoms in total. The van der Waals surface area contributed by atoms with Crippen LogP contribution in [0.15, 0.2) is 41.5 Å². The van der Waals surface area contributed by atoms with Gasteiger partial charge in [-0.2, -0.15) is 5.10 Å². The summed E-state index contributed by atoms with van der Waals surface area (Å²) in [6.45, 7) is 6.17. The molecule has 5 aromatic rings. The van der Waals surface area contributed by atoms with Crippen LogP contribution in [0.25, 0.3) is 38.9 Å². The Bertz CT molecular complexity index is 1840. The van der Waals surface area contributed by atoms with Crippen molar-refractivity contribution in [2.24, 2.45) is 21.1 Å². The third kappa shape index (κ3) is 4.48. The Hall–Kier alpha value is -3.79. The topological polar surface area (TPSA) is 82.8 Å². The van der Waals surface area contributed by atoms with Crippen LogP contribution in [0.5, 0.6) is 0 Å². The minimum Gasteiger partial charge on any atom is -0.393 e. The molecule has 0 bridgehead atoms. The van der Waals surface area contributed by atoms with Crippen molar-refractivity contribution in [3.05, 3.63) is 64.1 Å². The Labute approximate surface area is 236 Å². The smallest absolute Gasteiger partial charge is 0.328 e. The van der Waals surface area contributed by atoms with Gasteiger partial charge in [-0.25, -0.2) is 18.6 Å². The van der Waals surface area contributed by atoms with Gasteiger partial charge in [0.05, 0.1) is 34.4 Å². The molecular formula is C31H36F2N6O2. The summed E-state index contributed by atoms with van der Waals surface area (Å²) in [4.78, 5) is 18.1. The van der Waals surface area contributed by atoms with Crippen molar-refractivity contribution in [3.63, 3.8) is 0 Å². The average Bonchev–Trinajstić information content (AvgIpc) is 3.59. The summed E-state index contributed by atoms with van der Waals surface area (Å²) in [5.74, 6) is 0.900. The van der Waals surface area contributed by atoms with Crippen molar-refractivity contribution in [1.29, 1.82) is 0 Å². The highest BCUT2D eigenvalue weighted by Crippen LogP contribution is 2.41. The van der Waals surface area contributed by atoms with Gasteiger partial charge in [0.1, 0.15) is 5.82 Å². The molecule has 216 valence electrons. The van der Waals surface area contributed by atoms with Crippen LogP contribution in [-0.2, 0) is 26.6 Å². The van der Waals surface area contributed by atoms with Crippen LogP contribution in [0.3, 0.4) is 0 Å². The van der Waals surface area contributed by atoms with Crippen LogP contribution in [0.2, 0.25) is 0 Å². The monoisotopic (exact) mass is 562 g/mol. The number of alkyl halides is 2. The number of aromatic nitrogens is 6. The Morgan fingerprint density at radius 2 is 1.68 bits per heavy atom. The number of hydrogen-bond donors (Lipinski definition) is 1. The molecule has 1 fully saturated rings. The second-order valence-electron chi connectivity index (χ2n) is 12.5. The number of benzene rings is 2. The first kappa shape index (κ1) is 27.4. The van der Waals surface area contributed by atoms with E-state index in [9.17, 15) is 18.7 Å². The van der Waals surface area contributed by atoms with E-state index in [0.717, 1.165) is 41.0 Å². The van der Waals surface area contributed by atoms with E-state index in [2.05, 4.69) is 31.9 Å². The maximum absolute atomic E-state index is 14.6. The molecule has 3 aromatic heterocycles. The molecule has 0 unspecified atom stereocenters. The van der Waals surface area contributed by atoms with Crippen molar-refractivity contribution in [2.75, 3.05) is 0 Å². The van der Waals surface area contributed by atoms with Crippen molar-refractivity contribution >= 4 is 22.1 Å². The molecule has 1 saturated carbocycles. The van der Waals surface area contributed by atoms with Crippen LogP contribution >= 0.6 is 0 Å². The van der Waals surface area contributed by atoms with Gasteiger partial charge in [0, 0.05) is 49.6 Å². The van der Waals surface area contributed by atoms with Crippen LogP contribution < -0.4 is 5.69 Å². The lowest BCUT2D eigenvalue weighted by molar-refractivity contribution is 0.122. The third-order valence-corrected chi connectivity index (χ3v) is 8.52. The molecule has 6 rings (SSSR count). The maximum atomic E-state index is 14.6. The number of aliphatic hydroxyl groups excluding tert-OH is 1. The fourth-order valence-corrected chi connectivity index (χ4v) is 6.39. The quantitative estimate of drug-likeness (QED) is 0.297. The lowest BCUT2D eigenvalue weighted by atomic mass is 9.82. The molecule has 1 aliphatic carbocycles. The number of rotatable bonds is 4. The minimum absolute atomic E-state index is 0.0817. The molecule has 2 aromatic carbocycles. The van der Waals surface area contributed by atoms with Gasteiger partial charge < -0.3 is 5.11 Å². The Balaban J connectivity index is 1.67. The van der Waals surface area contributed by atoms with Gasteiger partial charge in [-0.1, -0.05) is 20.8 Å². The van der Waals surface area contributed by atoms with Crippen molar-refractivity contribution in [1.82, 2.24) is 28.5 Å². The first-order valence-corrected chi connectivity index (χ1v) is 14.1. The Morgan fingerprint density at radius 1 is 0.976 bits per heavy atom. The van der Waals surface area contributed by atoms with E-state index in [1.54, 1.807) is 59.5 Å². The van der Waals surface area contributed by atoms with Gasteiger partial charge in [0.2, 0.25) is 0 Å². The highest BCUT2D eigenvalue weighted by atomic mass is 19.3. The molecule has 0 saturated heterocycles. The van der Waals surface area contributed by atoms with E-state index >= 15 is 0 Å². The van der Waals surface area contributed by atoms with Gasteiger partial charge in [0.15, 0.2) is 0 Å². The number of imidazole rings is 2. The van der Waals surface area contributed by atoms with Gasteiger partial charge >= 0.3 is 5.69 Å². The maximum Gasteiger partial charge on any atom is 0.328 e. The Morgan fingerprint density at radius 3 is 2.29 bits per heavy atom. The molecular weight excluding hydrogens is 526 g/mol. The number of nitrogens with zero attached hydrogens (tertiary/aromatic N) is 6. The standard InChI is InChI=1S/C31H36F2N6O2/c1-31(2,3)29-35-24-13-21(18-15-34-36(4)16-18)23(28(32)33)14-25(24)39(29)19-11-22(17-7-9-20(40)10-8-17)27-26(12-19)37(5)30(41)38(27)6/h11-17,20,28,40H,7-10H2,1-6H3. The number of aliphatic hydroxyl groups is 1. The SMILES string of the molecule is Cn1cc(-c2cc3nc(C(C)(C)C)n(-c4cc(C5CCC(O)CC5)c5c(c4)n(C)c(=O)n5C)c3cc2C(F)F)cn1. The molecule has 1 N–H and O–H groups in total. The van der Waals surface area contributed by atoms with E-state index < -0.39 is 11.8 Å². The van der Waals surface area contributed by atoms with Crippen molar-refractivity contribution < 1.29 is 13.9 Å². The third-order valence-electron chi connectivity index (χ3n) is 8.52. The summed E-state index contributed by atoms with van der Waals surface area (Å²) in [5, 5.41) is 14.4. The van der Waals surface area contributed by atoms with Crippen LogP contribution in [-0.4, -0.2) is 39.7 Å². The molecule has 0 spiro atoms. The van der Waals surface area contributed by atoms with Crippen molar-refractivity contribution in [2.45, 2.75) is 70.3 Å². The largest absolute Gasteiger partial charge is 0.393 e. The van der Waals surface area contributed by atoms with Crippen LogP contribution in [0, 0.1) is 0 Å². The van der Waals surface area contributed by atoms with E-state index in [4.69, 9.17) is 4.98 Å². The highest BCUT2D eigenvalue weighted by Gasteiger charge is 2.29. The number of halogens is 2.